The molecule has 1 aromatic heterocycles. The van der Waals surface area contributed by atoms with Gasteiger partial charge in [-0.2, -0.15) is 8.42 Å². The molecule has 0 saturated carbocycles. The number of halogens is 2. The molecule has 0 spiro atoms. The van der Waals surface area contributed by atoms with Gasteiger partial charge in [0.05, 0.1) is 21.8 Å². The maximum Gasteiger partial charge on any atom is 0.291 e. The van der Waals surface area contributed by atoms with Gasteiger partial charge in [-0.25, -0.2) is 0 Å². The van der Waals surface area contributed by atoms with Gasteiger partial charge in [0, 0.05) is 18.1 Å². The molecule has 0 atom stereocenters. The van der Waals surface area contributed by atoms with Gasteiger partial charge in [0.15, 0.2) is 0 Å². The first kappa shape index (κ1) is 25.4. The molecule has 1 fully saturated rings. The molecule has 13 heteroatoms. The minimum atomic E-state index is -4.17. The number of nitrogens with zero attached hydrogens (tertiary/aromatic N) is 3. The number of likely N-dealkylation sites (tertiary alicyclic amines) is 1. The Kier molecular flexibility index (Phi) is 7.90. The van der Waals surface area contributed by atoms with Crippen molar-refractivity contribution in [3.8, 4) is 0 Å². The molecule has 4 rings (SSSR count). The Morgan fingerprint density at radius 3 is 2.37 bits per heavy atom. The second kappa shape index (κ2) is 10.9. The number of aromatic nitrogens is 2. The summed E-state index contributed by atoms with van der Waals surface area (Å²) in [7, 11) is -4.17. The Morgan fingerprint density at radius 2 is 1.66 bits per heavy atom. The molecule has 2 heterocycles. The number of nitrogens with one attached hydrogen (secondary N) is 2. The summed E-state index contributed by atoms with van der Waals surface area (Å²) in [5.74, 6) is -0.816. The summed E-state index contributed by atoms with van der Waals surface area (Å²) in [5.41, 5.74) is 0.554. The van der Waals surface area contributed by atoms with Gasteiger partial charge in [0.2, 0.25) is 5.13 Å². The maximum atomic E-state index is 13.1. The van der Waals surface area contributed by atoms with E-state index in [1.807, 2.05) is 0 Å². The van der Waals surface area contributed by atoms with Gasteiger partial charge in [-0.1, -0.05) is 59.5 Å². The Morgan fingerprint density at radius 1 is 0.943 bits per heavy atom. The molecule has 184 valence electrons. The van der Waals surface area contributed by atoms with Crippen LogP contribution in [0.5, 0.6) is 0 Å². The summed E-state index contributed by atoms with van der Waals surface area (Å²) >= 11 is 12.6. The third-order valence-electron chi connectivity index (χ3n) is 5.33. The number of hydrogen-bond donors (Lipinski definition) is 2. The van der Waals surface area contributed by atoms with Gasteiger partial charge in [-0.15, -0.1) is 10.2 Å². The van der Waals surface area contributed by atoms with Crippen molar-refractivity contribution in [1.82, 2.24) is 15.1 Å². The molecule has 2 amide bonds. The van der Waals surface area contributed by atoms with Crippen molar-refractivity contribution in [2.75, 3.05) is 23.1 Å². The molecule has 2 aromatic carbocycles. The summed E-state index contributed by atoms with van der Waals surface area (Å²) in [6.07, 6.45) is 3.97. The van der Waals surface area contributed by atoms with Gasteiger partial charge in [0.25, 0.3) is 26.2 Å². The molecule has 0 bridgehead atoms. The lowest BCUT2D eigenvalue weighted by atomic mass is 10.1. The highest BCUT2D eigenvalue weighted by Crippen LogP contribution is 2.27. The molecule has 9 nitrogen and oxygen atoms in total. The smallest absolute Gasteiger partial charge is 0.291 e. The van der Waals surface area contributed by atoms with Crippen molar-refractivity contribution >= 4 is 67.2 Å². The molecule has 3 aromatic rings. The molecule has 0 aliphatic carbocycles. The van der Waals surface area contributed by atoms with Crippen molar-refractivity contribution in [2.24, 2.45) is 0 Å². The van der Waals surface area contributed by atoms with Crippen molar-refractivity contribution in [3.63, 3.8) is 0 Å². The van der Waals surface area contributed by atoms with Crippen LogP contribution >= 0.6 is 34.5 Å². The zero-order chi connectivity index (χ0) is 25.0. The van der Waals surface area contributed by atoms with Crippen LogP contribution in [0.1, 0.15) is 46.4 Å². The summed E-state index contributed by atoms with van der Waals surface area (Å²) in [6.45, 7) is 1.27. The van der Waals surface area contributed by atoms with Crippen LogP contribution in [0.2, 0.25) is 10.0 Å². The van der Waals surface area contributed by atoms with Gasteiger partial charge in [0.1, 0.15) is 0 Å². The molecular weight excluding hydrogens is 533 g/mol. The second-order valence-electron chi connectivity index (χ2n) is 7.81. The Hall–Kier alpha value is -2.73. The summed E-state index contributed by atoms with van der Waals surface area (Å²) < 4.78 is 28.1. The number of para-hydroxylation sites is 1. The van der Waals surface area contributed by atoms with E-state index in [-0.39, 0.29) is 37.2 Å². The van der Waals surface area contributed by atoms with E-state index >= 15 is 0 Å². The molecule has 0 unspecified atom stereocenters. The summed E-state index contributed by atoms with van der Waals surface area (Å²) in [5, 5.41) is 10.4. The average Bonchev–Trinajstić information content (AvgIpc) is 3.12. The monoisotopic (exact) mass is 553 g/mol. The normalized spacial score (nSPS) is 14.3. The Labute approximate surface area is 216 Å². The van der Waals surface area contributed by atoms with E-state index < -0.39 is 15.9 Å². The van der Waals surface area contributed by atoms with E-state index in [4.69, 9.17) is 23.2 Å². The van der Waals surface area contributed by atoms with Crippen LogP contribution in [0, 0.1) is 0 Å². The first-order chi connectivity index (χ1) is 16.7. The predicted molar refractivity (Wildman–Crippen MR) is 136 cm³/mol. The zero-order valence-electron chi connectivity index (χ0n) is 18.3. The van der Waals surface area contributed by atoms with Crippen LogP contribution in [-0.4, -0.2) is 48.4 Å². The van der Waals surface area contributed by atoms with Crippen molar-refractivity contribution in [2.45, 2.75) is 30.0 Å². The van der Waals surface area contributed by atoms with Crippen LogP contribution in [0.15, 0.2) is 46.8 Å². The number of benzene rings is 2. The first-order valence-electron chi connectivity index (χ1n) is 10.8. The quantitative estimate of drug-likeness (QED) is 0.418. The molecule has 1 aliphatic rings. The number of anilines is 2. The third kappa shape index (κ3) is 6.10. The van der Waals surface area contributed by atoms with Crippen molar-refractivity contribution in [1.29, 1.82) is 0 Å². The Bertz CT molecular complexity index is 1360. The lowest BCUT2D eigenvalue weighted by Crippen LogP contribution is -2.32. The molecular formula is C22H21Cl2N5O4S2. The molecule has 1 aliphatic heterocycles. The fraction of sp³-hybridized carbons (Fsp3) is 0.273. The standard InChI is InChI=1S/C22H21Cl2N5O4S2/c23-14-9-10-15(17(24)13-14)19(30)25-21-26-27-22(34-21)35(32,33)28-18-8-4-3-7-16(18)20(31)29-11-5-1-2-6-12-29/h3-4,7-10,13,28H,1-2,5-6,11-12H2,(H,25,26,30). The van der Waals surface area contributed by atoms with Gasteiger partial charge in [-0.05, 0) is 43.2 Å². The second-order valence-corrected chi connectivity index (χ2v) is 11.5. The summed E-state index contributed by atoms with van der Waals surface area (Å²) in [6, 6.07) is 10.8. The van der Waals surface area contributed by atoms with E-state index in [2.05, 4.69) is 20.2 Å². The molecule has 35 heavy (non-hydrogen) atoms. The number of carbonyl (C=O) groups is 2. The number of sulfonamides is 1. The first-order valence-corrected chi connectivity index (χ1v) is 13.8. The van der Waals surface area contributed by atoms with E-state index in [0.717, 1.165) is 25.7 Å². The molecule has 0 radical (unpaired) electrons. The predicted octanol–water partition coefficient (Wildman–Crippen LogP) is 4.91. The molecule has 1 saturated heterocycles. The van der Waals surface area contributed by atoms with E-state index in [9.17, 15) is 18.0 Å². The fourth-order valence-corrected chi connectivity index (χ4v) is 6.07. The van der Waals surface area contributed by atoms with Gasteiger partial charge < -0.3 is 4.90 Å². The highest BCUT2D eigenvalue weighted by atomic mass is 35.5. The van der Waals surface area contributed by atoms with Crippen LogP contribution in [-0.2, 0) is 10.0 Å². The van der Waals surface area contributed by atoms with E-state index in [1.54, 1.807) is 23.1 Å². The SMILES string of the molecule is O=C(Nc1nnc(S(=O)(=O)Nc2ccccc2C(=O)N2CCCCCC2)s1)c1ccc(Cl)cc1Cl. The fourth-order valence-electron chi connectivity index (χ4n) is 3.60. The largest absolute Gasteiger partial charge is 0.339 e. The lowest BCUT2D eigenvalue weighted by Gasteiger charge is -2.22. The van der Waals surface area contributed by atoms with Crippen LogP contribution in [0.3, 0.4) is 0 Å². The highest BCUT2D eigenvalue weighted by Gasteiger charge is 2.26. The molecule has 2 N–H and O–H groups in total. The number of carbonyl (C=O) groups excluding carboxylic acids is 2. The third-order valence-corrected chi connectivity index (χ3v) is 8.45. The van der Waals surface area contributed by atoms with E-state index in [1.165, 1.54) is 24.3 Å². The minimum Gasteiger partial charge on any atom is -0.339 e. The van der Waals surface area contributed by atoms with Gasteiger partial charge >= 0.3 is 0 Å². The van der Waals surface area contributed by atoms with Crippen molar-refractivity contribution in [3.05, 3.63) is 63.6 Å². The topological polar surface area (TPSA) is 121 Å². The minimum absolute atomic E-state index is 0.0321. The Balaban J connectivity index is 1.51. The zero-order valence-corrected chi connectivity index (χ0v) is 21.5. The maximum absolute atomic E-state index is 13.1. The average molecular weight is 554 g/mol. The van der Waals surface area contributed by atoms with Crippen LogP contribution < -0.4 is 10.0 Å². The van der Waals surface area contributed by atoms with Crippen LogP contribution in [0.4, 0.5) is 10.8 Å². The highest BCUT2D eigenvalue weighted by molar-refractivity contribution is 7.94. The van der Waals surface area contributed by atoms with Crippen molar-refractivity contribution < 1.29 is 18.0 Å². The number of hydrogen-bond acceptors (Lipinski definition) is 7. The number of amides is 2. The number of rotatable bonds is 6. The van der Waals surface area contributed by atoms with Crippen LogP contribution in [0.25, 0.3) is 0 Å². The van der Waals surface area contributed by atoms with E-state index in [0.29, 0.717) is 29.4 Å². The van der Waals surface area contributed by atoms with Gasteiger partial charge in [-0.3, -0.25) is 19.6 Å². The summed E-state index contributed by atoms with van der Waals surface area (Å²) in [4.78, 5) is 27.3. The lowest BCUT2D eigenvalue weighted by molar-refractivity contribution is 0.0762.